The highest BCUT2D eigenvalue weighted by molar-refractivity contribution is 6.90. The molecule has 1 aliphatic rings. The van der Waals surface area contributed by atoms with Crippen molar-refractivity contribution in [2.24, 2.45) is 0 Å². The predicted octanol–water partition coefficient (Wildman–Crippen LogP) is 5.31. The zero-order chi connectivity index (χ0) is 20.9. The van der Waals surface area contributed by atoms with E-state index < -0.39 is 19.5 Å². The molecule has 29 heavy (non-hydrogen) atoms. The van der Waals surface area contributed by atoms with Crippen molar-refractivity contribution >= 4 is 19.2 Å². The number of benzene rings is 3. The highest BCUT2D eigenvalue weighted by Gasteiger charge is 2.54. The first-order chi connectivity index (χ1) is 13.7. The Balaban J connectivity index is 2.02. The van der Waals surface area contributed by atoms with Gasteiger partial charge < -0.3 is 5.11 Å². The minimum atomic E-state index is -2.07. The van der Waals surface area contributed by atoms with Crippen LogP contribution in [0.4, 0.5) is 0 Å². The number of hydrogen-bond acceptors (Lipinski definition) is 1. The molecule has 1 aliphatic carbocycles. The summed E-state index contributed by atoms with van der Waals surface area (Å²) in [5.74, 6) is -0.746. The van der Waals surface area contributed by atoms with E-state index in [0.29, 0.717) is 6.04 Å². The van der Waals surface area contributed by atoms with E-state index in [-0.39, 0.29) is 5.41 Å². The molecule has 0 fully saturated rings. The van der Waals surface area contributed by atoms with Gasteiger partial charge in [0, 0.05) is 5.41 Å². The third kappa shape index (κ3) is 2.87. The lowest BCUT2D eigenvalue weighted by Crippen LogP contribution is -2.53. The maximum Gasteiger partial charge on any atom is 0.318 e. The molecule has 2 nitrogen and oxygen atoms in total. The van der Waals surface area contributed by atoms with Crippen LogP contribution in [0.2, 0.25) is 19.1 Å². The van der Waals surface area contributed by atoms with E-state index in [2.05, 4.69) is 63.3 Å². The van der Waals surface area contributed by atoms with Crippen LogP contribution in [0.5, 0.6) is 0 Å². The maximum absolute atomic E-state index is 13.1. The third-order valence-electron chi connectivity index (χ3n) is 6.75. The minimum Gasteiger partial charge on any atom is -0.480 e. The molecule has 0 spiro atoms. The molecule has 0 atom stereocenters. The molecule has 0 saturated carbocycles. The lowest BCUT2D eigenvalue weighted by Gasteiger charge is -2.47. The first kappa shape index (κ1) is 19.7. The van der Waals surface area contributed by atoms with Crippen molar-refractivity contribution in [3.8, 4) is 0 Å². The van der Waals surface area contributed by atoms with Gasteiger partial charge in [0.15, 0.2) is 0 Å². The Bertz CT molecular complexity index is 1020. The number of carboxylic acid groups (broad SMARTS) is 1. The zero-order valence-electron chi connectivity index (χ0n) is 17.6. The Morgan fingerprint density at radius 3 is 1.62 bits per heavy atom. The van der Waals surface area contributed by atoms with Crippen LogP contribution in [0.3, 0.4) is 0 Å². The van der Waals surface area contributed by atoms with Gasteiger partial charge in [-0.1, -0.05) is 111 Å². The predicted molar refractivity (Wildman–Crippen MR) is 122 cm³/mol. The van der Waals surface area contributed by atoms with Crippen LogP contribution in [0, 0.1) is 0 Å². The molecule has 0 aromatic heterocycles. The van der Waals surface area contributed by atoms with Gasteiger partial charge in [0.05, 0.1) is 8.07 Å². The van der Waals surface area contributed by atoms with Crippen LogP contribution in [0.15, 0.2) is 78.9 Å². The summed E-state index contributed by atoms with van der Waals surface area (Å²) in [5, 5.41) is 12.1. The lowest BCUT2D eigenvalue weighted by molar-refractivity contribution is -0.141. The molecule has 0 unspecified atom stereocenters. The van der Waals surface area contributed by atoms with Crippen LogP contribution < -0.4 is 5.19 Å². The van der Waals surface area contributed by atoms with Gasteiger partial charge >= 0.3 is 5.97 Å². The molecule has 148 valence electrons. The first-order valence-corrected chi connectivity index (χ1v) is 13.4. The molecule has 0 bridgehead atoms. The molecular formula is C26H28O2Si. The van der Waals surface area contributed by atoms with E-state index in [9.17, 15) is 9.90 Å². The van der Waals surface area contributed by atoms with E-state index in [0.717, 1.165) is 22.3 Å². The molecule has 3 aromatic carbocycles. The van der Waals surface area contributed by atoms with Crippen molar-refractivity contribution in [1.29, 1.82) is 0 Å². The largest absolute Gasteiger partial charge is 0.480 e. The molecule has 0 aliphatic heterocycles. The lowest BCUT2D eigenvalue weighted by atomic mass is 9.59. The van der Waals surface area contributed by atoms with Gasteiger partial charge in [0.25, 0.3) is 0 Å². The fourth-order valence-electron chi connectivity index (χ4n) is 5.24. The van der Waals surface area contributed by atoms with Crippen LogP contribution in [-0.2, 0) is 15.6 Å². The van der Waals surface area contributed by atoms with Gasteiger partial charge in [-0.15, -0.1) is 0 Å². The standard InChI is InChI=1S/C26H28O2Si/c1-25(2)20-14-8-10-16-22(20)26(24(27)28,23-17-11-9-15-21(23)25)18-29(3,4)19-12-6-5-7-13-19/h5-17H,18H2,1-4H3,(H,27,28). The third-order valence-corrected chi connectivity index (χ3v) is 10.1. The van der Waals surface area contributed by atoms with E-state index >= 15 is 0 Å². The Morgan fingerprint density at radius 2 is 1.17 bits per heavy atom. The average molecular weight is 401 g/mol. The topological polar surface area (TPSA) is 37.3 Å². The summed E-state index contributed by atoms with van der Waals surface area (Å²) >= 11 is 0. The van der Waals surface area contributed by atoms with Crippen LogP contribution in [-0.4, -0.2) is 19.1 Å². The fraction of sp³-hybridized carbons (Fsp3) is 0.269. The highest BCUT2D eigenvalue weighted by atomic mass is 28.3. The molecule has 4 rings (SSSR count). The van der Waals surface area contributed by atoms with Crippen molar-refractivity contribution < 1.29 is 9.90 Å². The molecule has 0 heterocycles. The first-order valence-electron chi connectivity index (χ1n) is 10.2. The van der Waals surface area contributed by atoms with Crippen LogP contribution >= 0.6 is 0 Å². The molecule has 0 amide bonds. The number of hydrogen-bond donors (Lipinski definition) is 1. The highest BCUT2D eigenvalue weighted by Crippen LogP contribution is 2.52. The van der Waals surface area contributed by atoms with E-state index in [1.165, 1.54) is 5.19 Å². The van der Waals surface area contributed by atoms with Crippen molar-refractivity contribution in [3.63, 3.8) is 0 Å². The number of carbonyl (C=O) groups is 1. The summed E-state index contributed by atoms with van der Waals surface area (Å²) in [6.45, 7) is 8.99. The van der Waals surface area contributed by atoms with Crippen LogP contribution in [0.1, 0.15) is 36.1 Å². The number of rotatable bonds is 4. The molecular weight excluding hydrogens is 372 g/mol. The summed E-state index contributed by atoms with van der Waals surface area (Å²) in [7, 11) is -2.07. The van der Waals surface area contributed by atoms with Crippen molar-refractivity contribution in [2.75, 3.05) is 0 Å². The van der Waals surface area contributed by atoms with Crippen molar-refractivity contribution in [1.82, 2.24) is 0 Å². The Morgan fingerprint density at radius 1 is 0.759 bits per heavy atom. The Labute approximate surface area is 174 Å². The quantitative estimate of drug-likeness (QED) is 0.603. The van der Waals surface area contributed by atoms with Gasteiger partial charge in [-0.3, -0.25) is 4.79 Å². The second kappa shape index (κ2) is 6.70. The van der Waals surface area contributed by atoms with E-state index in [4.69, 9.17) is 0 Å². The smallest absolute Gasteiger partial charge is 0.318 e. The molecule has 3 heteroatoms. The fourth-order valence-corrected chi connectivity index (χ4v) is 8.40. The van der Waals surface area contributed by atoms with Crippen LogP contribution in [0.25, 0.3) is 0 Å². The van der Waals surface area contributed by atoms with Gasteiger partial charge in [0.2, 0.25) is 0 Å². The second-order valence-corrected chi connectivity index (χ2v) is 14.1. The number of aliphatic carboxylic acids is 1. The average Bonchev–Trinajstić information content (AvgIpc) is 2.72. The van der Waals surface area contributed by atoms with Gasteiger partial charge in [-0.2, -0.15) is 0 Å². The SMILES string of the molecule is CC1(C)c2ccccc2C(C[Si](C)(C)c2ccccc2)(C(=O)O)c2ccccc21. The van der Waals surface area contributed by atoms with Gasteiger partial charge in [0.1, 0.15) is 5.41 Å². The number of carboxylic acids is 1. The van der Waals surface area contributed by atoms with E-state index in [1.807, 2.05) is 42.5 Å². The second-order valence-electron chi connectivity index (χ2n) is 9.35. The summed E-state index contributed by atoms with van der Waals surface area (Å²) in [5.41, 5.74) is 2.89. The van der Waals surface area contributed by atoms with Crippen molar-refractivity contribution in [2.45, 2.75) is 43.8 Å². The Kier molecular flexibility index (Phi) is 4.54. The van der Waals surface area contributed by atoms with E-state index in [1.54, 1.807) is 0 Å². The summed E-state index contributed by atoms with van der Waals surface area (Å²) < 4.78 is 0. The zero-order valence-corrected chi connectivity index (χ0v) is 18.6. The Hall–Kier alpha value is -2.65. The molecule has 0 radical (unpaired) electrons. The molecule has 1 N–H and O–H groups in total. The van der Waals surface area contributed by atoms with Gasteiger partial charge in [-0.05, 0) is 28.3 Å². The monoisotopic (exact) mass is 400 g/mol. The van der Waals surface area contributed by atoms with Gasteiger partial charge in [-0.25, -0.2) is 0 Å². The minimum absolute atomic E-state index is 0.232. The normalized spacial score (nSPS) is 16.6. The van der Waals surface area contributed by atoms with Crippen molar-refractivity contribution in [3.05, 3.63) is 101 Å². The maximum atomic E-state index is 13.1. The molecule has 3 aromatic rings. The molecule has 0 saturated heterocycles. The number of fused-ring (bicyclic) bond motifs is 2. The summed E-state index contributed by atoms with van der Waals surface area (Å²) in [4.78, 5) is 13.1. The summed E-state index contributed by atoms with van der Waals surface area (Å²) in [6.07, 6.45) is 0. The summed E-state index contributed by atoms with van der Waals surface area (Å²) in [6, 6.07) is 27.4.